The Morgan fingerprint density at radius 3 is 2.58 bits per heavy atom. The van der Waals surface area contributed by atoms with Crippen LogP contribution in [0.5, 0.6) is 0 Å². The van der Waals surface area contributed by atoms with E-state index in [1.807, 2.05) is 24.3 Å². The van der Waals surface area contributed by atoms with Gasteiger partial charge in [-0.3, -0.25) is 0 Å². The molecule has 2 rings (SSSR count). The molecule has 0 saturated heterocycles. The molecule has 5 heteroatoms. The first-order valence-electron chi connectivity index (χ1n) is 6.03. The lowest BCUT2D eigenvalue weighted by molar-refractivity contribution is 0.0697. The van der Waals surface area contributed by atoms with Gasteiger partial charge in [-0.15, -0.1) is 0 Å². The molecule has 0 unspecified atom stereocenters. The predicted octanol–water partition coefficient (Wildman–Crippen LogP) is 2.79. The number of aromatic nitrogens is 2. The van der Waals surface area contributed by atoms with Crippen molar-refractivity contribution in [1.29, 1.82) is 0 Å². The molecule has 98 valence electrons. The van der Waals surface area contributed by atoms with E-state index in [1.54, 1.807) is 6.92 Å². The van der Waals surface area contributed by atoms with Gasteiger partial charge in [0.2, 0.25) is 0 Å². The third-order valence-corrected chi connectivity index (χ3v) is 2.76. The van der Waals surface area contributed by atoms with Crippen molar-refractivity contribution in [2.45, 2.75) is 20.3 Å². The summed E-state index contributed by atoms with van der Waals surface area (Å²) in [6, 6.07) is 7.80. The van der Waals surface area contributed by atoms with Gasteiger partial charge in [0.25, 0.3) is 0 Å². The predicted molar refractivity (Wildman–Crippen MR) is 72.8 cm³/mol. The molecule has 0 atom stereocenters. The van der Waals surface area contributed by atoms with E-state index >= 15 is 0 Å². The minimum atomic E-state index is -1.05. The molecular weight excluding hydrogens is 242 g/mol. The van der Waals surface area contributed by atoms with E-state index in [4.69, 9.17) is 5.11 Å². The van der Waals surface area contributed by atoms with Gasteiger partial charge in [-0.05, 0) is 31.0 Å². The van der Waals surface area contributed by atoms with Crippen LogP contribution in [0.1, 0.15) is 28.7 Å². The highest BCUT2D eigenvalue weighted by Gasteiger charge is 2.12. The summed E-state index contributed by atoms with van der Waals surface area (Å²) in [4.78, 5) is 19.1. The number of nitrogens with zero attached hydrogens (tertiary/aromatic N) is 2. The number of nitrogens with one attached hydrogen (secondary N) is 1. The number of aryl methyl sites for hydroxylation is 2. The van der Waals surface area contributed by atoms with E-state index in [0.717, 1.165) is 12.1 Å². The number of carbonyl (C=O) groups is 1. The number of carboxylic acid groups (broad SMARTS) is 1. The zero-order chi connectivity index (χ0) is 13.8. The van der Waals surface area contributed by atoms with Gasteiger partial charge in [0.1, 0.15) is 17.2 Å². The molecule has 5 nitrogen and oxygen atoms in total. The molecule has 0 amide bonds. The summed E-state index contributed by atoms with van der Waals surface area (Å²) in [6.07, 6.45) is 2.28. The molecule has 0 saturated carbocycles. The maximum Gasteiger partial charge on any atom is 0.341 e. The van der Waals surface area contributed by atoms with E-state index < -0.39 is 5.97 Å². The highest BCUT2D eigenvalue weighted by Crippen LogP contribution is 2.19. The monoisotopic (exact) mass is 257 g/mol. The molecule has 0 aliphatic heterocycles. The van der Waals surface area contributed by atoms with Crippen molar-refractivity contribution in [2.24, 2.45) is 0 Å². The van der Waals surface area contributed by atoms with Crippen molar-refractivity contribution in [1.82, 2.24) is 9.97 Å². The molecule has 1 aromatic heterocycles. The molecule has 0 radical (unpaired) electrons. The molecular formula is C14H15N3O2. The number of hydrogen-bond acceptors (Lipinski definition) is 4. The van der Waals surface area contributed by atoms with E-state index in [-0.39, 0.29) is 5.56 Å². The van der Waals surface area contributed by atoms with E-state index in [1.165, 1.54) is 11.8 Å². The first-order valence-corrected chi connectivity index (χ1v) is 6.03. The maximum atomic E-state index is 11.1. The fourth-order valence-corrected chi connectivity index (χ4v) is 1.68. The number of aromatic carboxylic acids is 1. The van der Waals surface area contributed by atoms with E-state index in [0.29, 0.717) is 11.6 Å². The first kappa shape index (κ1) is 13.0. The summed E-state index contributed by atoms with van der Waals surface area (Å²) in [5, 5.41) is 12.1. The highest BCUT2D eigenvalue weighted by atomic mass is 16.4. The van der Waals surface area contributed by atoms with Crippen LogP contribution in [0.2, 0.25) is 0 Å². The third-order valence-electron chi connectivity index (χ3n) is 2.76. The summed E-state index contributed by atoms with van der Waals surface area (Å²) in [5.41, 5.74) is 2.09. The Hall–Kier alpha value is -2.43. The number of carboxylic acids is 1. The lowest BCUT2D eigenvalue weighted by atomic mass is 10.1. The second-order valence-electron chi connectivity index (χ2n) is 4.16. The maximum absolute atomic E-state index is 11.1. The quantitative estimate of drug-likeness (QED) is 0.880. The summed E-state index contributed by atoms with van der Waals surface area (Å²) in [7, 11) is 0. The Morgan fingerprint density at radius 2 is 2.00 bits per heavy atom. The molecule has 0 fully saturated rings. The largest absolute Gasteiger partial charge is 0.477 e. The SMILES string of the molecule is CCc1ccc(Nc2nc(C)ncc2C(=O)O)cc1. The average molecular weight is 257 g/mol. The Morgan fingerprint density at radius 1 is 1.32 bits per heavy atom. The Kier molecular flexibility index (Phi) is 3.75. The van der Waals surface area contributed by atoms with E-state index in [9.17, 15) is 4.79 Å². The molecule has 1 aromatic carbocycles. The van der Waals surface area contributed by atoms with Crippen LogP contribution >= 0.6 is 0 Å². The van der Waals surface area contributed by atoms with Crippen LogP contribution in [-0.2, 0) is 6.42 Å². The lowest BCUT2D eigenvalue weighted by Crippen LogP contribution is -2.07. The zero-order valence-electron chi connectivity index (χ0n) is 10.8. The van der Waals surface area contributed by atoms with Crippen LogP contribution in [0.4, 0.5) is 11.5 Å². The summed E-state index contributed by atoms with van der Waals surface area (Å²) < 4.78 is 0. The summed E-state index contributed by atoms with van der Waals surface area (Å²) >= 11 is 0. The van der Waals surface area contributed by atoms with Crippen LogP contribution in [0.3, 0.4) is 0 Å². The van der Waals surface area contributed by atoms with Crippen molar-refractivity contribution in [3.63, 3.8) is 0 Å². The molecule has 0 spiro atoms. The van der Waals surface area contributed by atoms with Gasteiger partial charge in [0.05, 0.1) is 0 Å². The third kappa shape index (κ3) is 3.07. The van der Waals surface area contributed by atoms with Gasteiger partial charge in [-0.1, -0.05) is 19.1 Å². The first-order chi connectivity index (χ1) is 9.10. The van der Waals surface area contributed by atoms with Crippen molar-refractivity contribution in [3.05, 3.63) is 47.4 Å². The number of benzene rings is 1. The van der Waals surface area contributed by atoms with Gasteiger partial charge < -0.3 is 10.4 Å². The van der Waals surface area contributed by atoms with Gasteiger partial charge in [0.15, 0.2) is 0 Å². The molecule has 19 heavy (non-hydrogen) atoms. The van der Waals surface area contributed by atoms with Gasteiger partial charge in [-0.2, -0.15) is 0 Å². The van der Waals surface area contributed by atoms with Crippen molar-refractivity contribution < 1.29 is 9.90 Å². The minimum absolute atomic E-state index is 0.0603. The van der Waals surface area contributed by atoms with Gasteiger partial charge >= 0.3 is 5.97 Å². The molecule has 0 bridgehead atoms. The van der Waals surface area contributed by atoms with Crippen LogP contribution in [0, 0.1) is 6.92 Å². The topological polar surface area (TPSA) is 75.1 Å². The zero-order valence-corrected chi connectivity index (χ0v) is 10.8. The molecule has 2 N–H and O–H groups in total. The minimum Gasteiger partial charge on any atom is -0.477 e. The fraction of sp³-hybridized carbons (Fsp3) is 0.214. The summed E-state index contributed by atoms with van der Waals surface area (Å²) in [5.74, 6) is -0.213. The van der Waals surface area contributed by atoms with Crippen molar-refractivity contribution >= 4 is 17.5 Å². The van der Waals surface area contributed by atoms with Crippen LogP contribution < -0.4 is 5.32 Å². The second-order valence-corrected chi connectivity index (χ2v) is 4.16. The number of rotatable bonds is 4. The highest BCUT2D eigenvalue weighted by molar-refractivity contribution is 5.93. The van der Waals surface area contributed by atoms with Gasteiger partial charge in [-0.25, -0.2) is 14.8 Å². The van der Waals surface area contributed by atoms with Crippen LogP contribution in [-0.4, -0.2) is 21.0 Å². The molecule has 0 aliphatic carbocycles. The standard InChI is InChI=1S/C14H15N3O2/c1-3-10-4-6-11(7-5-10)17-13-12(14(18)19)8-15-9(2)16-13/h4-8H,3H2,1-2H3,(H,18,19)(H,15,16,17). The second kappa shape index (κ2) is 5.48. The van der Waals surface area contributed by atoms with Crippen molar-refractivity contribution in [3.8, 4) is 0 Å². The lowest BCUT2D eigenvalue weighted by Gasteiger charge is -2.09. The smallest absolute Gasteiger partial charge is 0.341 e. The molecule has 0 aliphatic rings. The Labute approximate surface area is 111 Å². The number of anilines is 2. The Bertz CT molecular complexity index is 594. The number of hydrogen-bond donors (Lipinski definition) is 2. The normalized spacial score (nSPS) is 10.2. The van der Waals surface area contributed by atoms with Crippen LogP contribution in [0.25, 0.3) is 0 Å². The average Bonchev–Trinajstić information content (AvgIpc) is 2.39. The van der Waals surface area contributed by atoms with Crippen LogP contribution in [0.15, 0.2) is 30.5 Å². The fourth-order valence-electron chi connectivity index (χ4n) is 1.68. The summed E-state index contributed by atoms with van der Waals surface area (Å²) in [6.45, 7) is 3.80. The van der Waals surface area contributed by atoms with Crippen molar-refractivity contribution in [2.75, 3.05) is 5.32 Å². The Balaban J connectivity index is 2.31. The van der Waals surface area contributed by atoms with Gasteiger partial charge in [0, 0.05) is 11.9 Å². The van der Waals surface area contributed by atoms with E-state index in [2.05, 4.69) is 22.2 Å². The molecule has 1 heterocycles. The molecule has 2 aromatic rings.